The van der Waals surface area contributed by atoms with Crippen LogP contribution in [0.5, 0.6) is 0 Å². The third-order valence-corrected chi connectivity index (χ3v) is 5.15. The summed E-state index contributed by atoms with van der Waals surface area (Å²) in [6, 6.07) is 9.08. The Morgan fingerprint density at radius 1 is 1.10 bits per heavy atom. The van der Waals surface area contributed by atoms with Crippen molar-refractivity contribution in [3.05, 3.63) is 34.9 Å². The maximum absolute atomic E-state index is 6.35. The number of benzene rings is 1. The van der Waals surface area contributed by atoms with E-state index in [0.717, 1.165) is 23.5 Å². The Morgan fingerprint density at radius 2 is 1.85 bits per heavy atom. The van der Waals surface area contributed by atoms with Gasteiger partial charge in [-0.05, 0) is 30.4 Å². The first-order valence-corrected chi connectivity index (χ1v) is 8.39. The van der Waals surface area contributed by atoms with Crippen molar-refractivity contribution in [2.24, 2.45) is 5.92 Å². The Labute approximate surface area is 127 Å². The van der Waals surface area contributed by atoms with E-state index in [4.69, 9.17) is 11.6 Å². The smallest absolute Gasteiger partial charge is 0.0451 e. The summed E-state index contributed by atoms with van der Waals surface area (Å²) >= 11 is 6.35. The minimum Gasteiger partial charge on any atom is -0.316 e. The molecule has 1 aliphatic heterocycles. The van der Waals surface area contributed by atoms with Crippen molar-refractivity contribution >= 4 is 11.6 Å². The van der Waals surface area contributed by atoms with E-state index in [-0.39, 0.29) is 0 Å². The maximum atomic E-state index is 6.35. The molecule has 3 heteroatoms. The summed E-state index contributed by atoms with van der Waals surface area (Å²) in [5.74, 6) is 0.833. The summed E-state index contributed by atoms with van der Waals surface area (Å²) in [6.07, 6.45) is 6.94. The van der Waals surface area contributed by atoms with Crippen molar-refractivity contribution in [1.82, 2.24) is 10.2 Å². The molecule has 0 amide bonds. The van der Waals surface area contributed by atoms with Gasteiger partial charge < -0.3 is 5.32 Å². The van der Waals surface area contributed by atoms with Crippen LogP contribution in [0.1, 0.15) is 37.7 Å². The molecule has 0 unspecified atom stereocenters. The van der Waals surface area contributed by atoms with E-state index in [1.807, 2.05) is 12.1 Å². The molecule has 1 saturated carbocycles. The van der Waals surface area contributed by atoms with Crippen molar-refractivity contribution in [2.45, 2.75) is 44.7 Å². The van der Waals surface area contributed by atoms with E-state index in [2.05, 4.69) is 22.3 Å². The van der Waals surface area contributed by atoms with E-state index in [9.17, 15) is 0 Å². The van der Waals surface area contributed by atoms with Crippen molar-refractivity contribution in [3.8, 4) is 0 Å². The van der Waals surface area contributed by atoms with Crippen molar-refractivity contribution in [3.63, 3.8) is 0 Å². The molecule has 0 spiro atoms. The number of halogens is 1. The molecule has 1 aromatic rings. The van der Waals surface area contributed by atoms with Gasteiger partial charge in [0.2, 0.25) is 0 Å². The van der Waals surface area contributed by atoms with Gasteiger partial charge in [0.05, 0.1) is 0 Å². The van der Waals surface area contributed by atoms with E-state index in [1.54, 1.807) is 0 Å². The fraction of sp³-hybridized carbons (Fsp3) is 0.647. The lowest BCUT2D eigenvalue weighted by atomic mass is 9.92. The second-order valence-electron chi connectivity index (χ2n) is 6.34. The number of rotatable bonds is 5. The van der Waals surface area contributed by atoms with Crippen molar-refractivity contribution in [2.75, 3.05) is 19.6 Å². The molecule has 110 valence electrons. The molecule has 1 aromatic carbocycles. The normalized spacial score (nSPS) is 21.1. The van der Waals surface area contributed by atoms with E-state index >= 15 is 0 Å². The average Bonchev–Trinajstić information content (AvgIpc) is 2.44. The zero-order chi connectivity index (χ0) is 13.8. The van der Waals surface area contributed by atoms with E-state index in [0.29, 0.717) is 0 Å². The van der Waals surface area contributed by atoms with Crippen molar-refractivity contribution < 1.29 is 0 Å². The Morgan fingerprint density at radius 3 is 2.50 bits per heavy atom. The summed E-state index contributed by atoms with van der Waals surface area (Å²) in [7, 11) is 0. The highest BCUT2D eigenvalue weighted by molar-refractivity contribution is 6.31. The molecule has 1 saturated heterocycles. The first-order chi connectivity index (χ1) is 9.83. The minimum atomic E-state index is 0.764. The average molecular weight is 293 g/mol. The van der Waals surface area contributed by atoms with Crippen LogP contribution in [0.2, 0.25) is 5.02 Å². The Kier molecular flexibility index (Phi) is 4.98. The van der Waals surface area contributed by atoms with Gasteiger partial charge in [0.15, 0.2) is 0 Å². The van der Waals surface area contributed by atoms with Gasteiger partial charge in [0.25, 0.3) is 0 Å². The van der Waals surface area contributed by atoms with E-state index < -0.39 is 0 Å². The molecule has 2 fully saturated rings. The second kappa shape index (κ2) is 6.93. The summed E-state index contributed by atoms with van der Waals surface area (Å²) in [6.45, 7) is 4.61. The predicted octanol–water partition coefficient (Wildman–Crippen LogP) is 3.69. The molecule has 2 aliphatic rings. The minimum absolute atomic E-state index is 0.764. The Bertz CT molecular complexity index is 425. The molecule has 1 N–H and O–H groups in total. The fourth-order valence-electron chi connectivity index (χ4n) is 3.44. The summed E-state index contributed by atoms with van der Waals surface area (Å²) in [5.41, 5.74) is 1.28. The van der Waals surface area contributed by atoms with Crippen LogP contribution in [0.4, 0.5) is 0 Å². The van der Waals surface area contributed by atoms with Crippen LogP contribution in [0.25, 0.3) is 0 Å². The molecular weight excluding hydrogens is 268 g/mol. The monoisotopic (exact) mass is 292 g/mol. The highest BCUT2D eigenvalue weighted by atomic mass is 35.5. The molecular formula is C17H25ClN2. The largest absolute Gasteiger partial charge is 0.316 e. The highest BCUT2D eigenvalue weighted by Gasteiger charge is 2.26. The van der Waals surface area contributed by atoms with Crippen LogP contribution in [0.15, 0.2) is 24.3 Å². The number of nitrogens with one attached hydrogen (secondary N) is 1. The van der Waals surface area contributed by atoms with Crippen molar-refractivity contribution in [1.29, 1.82) is 0 Å². The Balaban J connectivity index is 1.68. The highest BCUT2D eigenvalue weighted by Crippen LogP contribution is 2.27. The third kappa shape index (κ3) is 3.55. The molecule has 3 rings (SSSR count). The van der Waals surface area contributed by atoms with Crippen LogP contribution in [-0.2, 0) is 6.54 Å². The summed E-state index contributed by atoms with van der Waals surface area (Å²) in [5, 5.41) is 4.31. The lowest BCUT2D eigenvalue weighted by Crippen LogP contribution is -2.50. The van der Waals surface area contributed by atoms with Gasteiger partial charge in [0.1, 0.15) is 0 Å². The summed E-state index contributed by atoms with van der Waals surface area (Å²) < 4.78 is 0. The molecule has 0 aromatic heterocycles. The molecule has 2 nitrogen and oxygen atoms in total. The standard InChI is InChI=1S/C17H25ClN2/c18-17-9-5-4-6-15(17)13-20(12-14-10-19-11-14)16-7-2-1-3-8-16/h4-6,9,14,16,19H,1-3,7-8,10-13H2. The fourth-order valence-corrected chi connectivity index (χ4v) is 3.64. The molecule has 1 aliphatic carbocycles. The zero-order valence-corrected chi connectivity index (χ0v) is 12.9. The molecule has 20 heavy (non-hydrogen) atoms. The predicted molar refractivity (Wildman–Crippen MR) is 85.1 cm³/mol. The second-order valence-corrected chi connectivity index (χ2v) is 6.74. The molecule has 1 heterocycles. The number of hydrogen-bond acceptors (Lipinski definition) is 2. The number of nitrogens with zero attached hydrogens (tertiary/aromatic N) is 1. The summed E-state index contributed by atoms with van der Waals surface area (Å²) in [4.78, 5) is 2.70. The topological polar surface area (TPSA) is 15.3 Å². The maximum Gasteiger partial charge on any atom is 0.0451 e. The van der Waals surface area contributed by atoms with Gasteiger partial charge in [-0.15, -0.1) is 0 Å². The van der Waals surface area contributed by atoms with Crippen LogP contribution in [-0.4, -0.2) is 30.6 Å². The van der Waals surface area contributed by atoms with E-state index in [1.165, 1.54) is 57.3 Å². The van der Waals surface area contributed by atoms with Gasteiger partial charge in [-0.3, -0.25) is 4.90 Å². The van der Waals surface area contributed by atoms with Gasteiger partial charge in [-0.1, -0.05) is 49.1 Å². The third-order valence-electron chi connectivity index (χ3n) is 4.78. The zero-order valence-electron chi connectivity index (χ0n) is 12.2. The lowest BCUT2D eigenvalue weighted by molar-refractivity contribution is 0.109. The number of hydrogen-bond donors (Lipinski definition) is 1. The quantitative estimate of drug-likeness (QED) is 0.890. The molecule has 0 atom stereocenters. The van der Waals surface area contributed by atoms with Crippen LogP contribution in [0, 0.1) is 5.92 Å². The molecule has 0 radical (unpaired) electrons. The van der Waals surface area contributed by atoms with Crippen LogP contribution >= 0.6 is 11.6 Å². The Hall–Kier alpha value is -0.570. The van der Waals surface area contributed by atoms with Crippen LogP contribution in [0.3, 0.4) is 0 Å². The molecule has 0 bridgehead atoms. The van der Waals surface area contributed by atoms with Gasteiger partial charge in [-0.25, -0.2) is 0 Å². The van der Waals surface area contributed by atoms with Gasteiger partial charge in [-0.2, -0.15) is 0 Å². The van der Waals surface area contributed by atoms with Crippen LogP contribution < -0.4 is 5.32 Å². The van der Waals surface area contributed by atoms with Gasteiger partial charge in [0, 0.05) is 37.2 Å². The first-order valence-electron chi connectivity index (χ1n) is 8.01. The first kappa shape index (κ1) is 14.4. The van der Waals surface area contributed by atoms with Gasteiger partial charge >= 0.3 is 0 Å². The SMILES string of the molecule is Clc1ccccc1CN(CC1CNC1)C1CCCCC1. The lowest BCUT2D eigenvalue weighted by Gasteiger charge is -2.39.